The summed E-state index contributed by atoms with van der Waals surface area (Å²) < 4.78 is 1.83. The first kappa shape index (κ1) is 10.9. The van der Waals surface area contributed by atoms with Crippen molar-refractivity contribution in [3.8, 4) is 0 Å². The first-order valence-electron chi connectivity index (χ1n) is 5.53. The largest absolute Gasteiger partial charge is 0.339 e. The highest BCUT2D eigenvalue weighted by molar-refractivity contribution is 5.87. The number of hydrogen-bond donors (Lipinski definition) is 0. The van der Waals surface area contributed by atoms with Crippen LogP contribution in [0.2, 0.25) is 0 Å². The van der Waals surface area contributed by atoms with E-state index in [1.807, 2.05) is 9.58 Å². The van der Waals surface area contributed by atoms with Gasteiger partial charge in [0.1, 0.15) is 12.7 Å². The standard InChI is InChI=1S/C11H16N4O/c1-2-11(16)14-5-3-4-10(6-14)7-15-9-12-8-13-15/h2,8-10H,1,3-7H2. The van der Waals surface area contributed by atoms with Crippen LogP contribution in [0.25, 0.3) is 0 Å². The van der Waals surface area contributed by atoms with E-state index < -0.39 is 0 Å². The van der Waals surface area contributed by atoms with Crippen molar-refractivity contribution in [3.05, 3.63) is 25.3 Å². The van der Waals surface area contributed by atoms with Crippen LogP contribution in [0.3, 0.4) is 0 Å². The van der Waals surface area contributed by atoms with Crippen molar-refractivity contribution in [2.45, 2.75) is 19.4 Å². The predicted octanol–water partition coefficient (Wildman–Crippen LogP) is 0.703. The topological polar surface area (TPSA) is 51.0 Å². The summed E-state index contributed by atoms with van der Waals surface area (Å²) in [6.07, 6.45) is 6.83. The molecule has 1 aliphatic rings. The van der Waals surface area contributed by atoms with Crippen molar-refractivity contribution in [2.75, 3.05) is 13.1 Å². The van der Waals surface area contributed by atoms with Gasteiger partial charge in [-0.3, -0.25) is 9.48 Å². The summed E-state index contributed by atoms with van der Waals surface area (Å²) in [5.74, 6) is 0.502. The Labute approximate surface area is 94.8 Å². The number of rotatable bonds is 3. The third-order valence-corrected chi connectivity index (χ3v) is 2.92. The lowest BCUT2D eigenvalue weighted by Crippen LogP contribution is -2.40. The molecule has 5 nitrogen and oxygen atoms in total. The Kier molecular flexibility index (Phi) is 3.34. The molecule has 1 aliphatic heterocycles. The number of carbonyl (C=O) groups excluding carboxylic acids is 1. The lowest BCUT2D eigenvalue weighted by atomic mass is 9.98. The van der Waals surface area contributed by atoms with Crippen LogP contribution in [0.15, 0.2) is 25.3 Å². The number of hydrogen-bond acceptors (Lipinski definition) is 3. The van der Waals surface area contributed by atoms with Crippen LogP contribution in [0.4, 0.5) is 0 Å². The maximum atomic E-state index is 11.5. The van der Waals surface area contributed by atoms with Crippen molar-refractivity contribution in [1.29, 1.82) is 0 Å². The van der Waals surface area contributed by atoms with Crippen molar-refractivity contribution in [3.63, 3.8) is 0 Å². The fourth-order valence-corrected chi connectivity index (χ4v) is 2.13. The highest BCUT2D eigenvalue weighted by atomic mass is 16.2. The minimum absolute atomic E-state index is 0.0308. The van der Waals surface area contributed by atoms with Crippen molar-refractivity contribution in [2.24, 2.45) is 5.92 Å². The van der Waals surface area contributed by atoms with E-state index in [4.69, 9.17) is 0 Å². The molecular weight excluding hydrogens is 204 g/mol. The van der Waals surface area contributed by atoms with Gasteiger partial charge in [-0.05, 0) is 24.8 Å². The molecule has 0 radical (unpaired) electrons. The van der Waals surface area contributed by atoms with Crippen LogP contribution in [-0.2, 0) is 11.3 Å². The SMILES string of the molecule is C=CC(=O)N1CCCC(Cn2cncn2)C1. The van der Waals surface area contributed by atoms with E-state index in [1.54, 1.807) is 6.33 Å². The molecule has 16 heavy (non-hydrogen) atoms. The molecule has 0 N–H and O–H groups in total. The average molecular weight is 220 g/mol. The molecule has 1 unspecified atom stereocenters. The second kappa shape index (κ2) is 4.92. The Morgan fingerprint density at radius 1 is 1.62 bits per heavy atom. The Hall–Kier alpha value is -1.65. The second-order valence-electron chi connectivity index (χ2n) is 4.11. The number of nitrogens with zero attached hydrogens (tertiary/aromatic N) is 4. The molecule has 86 valence electrons. The number of piperidine rings is 1. The van der Waals surface area contributed by atoms with Gasteiger partial charge < -0.3 is 4.90 Å². The Balaban J connectivity index is 1.91. The maximum absolute atomic E-state index is 11.5. The van der Waals surface area contributed by atoms with Crippen LogP contribution in [0.1, 0.15) is 12.8 Å². The summed E-state index contributed by atoms with van der Waals surface area (Å²) >= 11 is 0. The van der Waals surface area contributed by atoms with Crippen molar-refractivity contribution >= 4 is 5.91 Å². The molecule has 0 saturated carbocycles. The van der Waals surface area contributed by atoms with Gasteiger partial charge in [0, 0.05) is 19.6 Å². The third kappa shape index (κ3) is 2.48. The molecule has 2 heterocycles. The van der Waals surface area contributed by atoms with Crippen molar-refractivity contribution < 1.29 is 4.79 Å². The number of likely N-dealkylation sites (tertiary alicyclic amines) is 1. The Bertz CT molecular complexity index is 360. The van der Waals surface area contributed by atoms with Crippen LogP contribution in [0.5, 0.6) is 0 Å². The molecule has 0 spiro atoms. The normalized spacial score (nSPS) is 20.8. The van der Waals surface area contributed by atoms with E-state index in [0.717, 1.165) is 32.5 Å². The van der Waals surface area contributed by atoms with Crippen LogP contribution in [0, 0.1) is 5.92 Å². The Morgan fingerprint density at radius 2 is 2.50 bits per heavy atom. The lowest BCUT2D eigenvalue weighted by Gasteiger charge is -2.31. The summed E-state index contributed by atoms with van der Waals surface area (Å²) in [4.78, 5) is 17.3. The monoisotopic (exact) mass is 220 g/mol. The summed E-state index contributed by atoms with van der Waals surface area (Å²) in [7, 11) is 0. The molecule has 2 rings (SSSR count). The molecule has 0 aromatic carbocycles. The van der Waals surface area contributed by atoms with Gasteiger partial charge in [0.25, 0.3) is 0 Å². The lowest BCUT2D eigenvalue weighted by molar-refractivity contribution is -0.127. The fourth-order valence-electron chi connectivity index (χ4n) is 2.13. The van der Waals surface area contributed by atoms with Gasteiger partial charge in [-0.15, -0.1) is 0 Å². The Morgan fingerprint density at radius 3 is 3.19 bits per heavy atom. The molecule has 1 atom stereocenters. The second-order valence-corrected chi connectivity index (χ2v) is 4.11. The van der Waals surface area contributed by atoms with E-state index in [1.165, 1.54) is 12.4 Å². The van der Waals surface area contributed by atoms with E-state index in [2.05, 4.69) is 16.7 Å². The molecule has 1 saturated heterocycles. The van der Waals surface area contributed by atoms with E-state index >= 15 is 0 Å². The summed E-state index contributed by atoms with van der Waals surface area (Å²) in [5.41, 5.74) is 0. The van der Waals surface area contributed by atoms with Crippen LogP contribution >= 0.6 is 0 Å². The molecule has 1 amide bonds. The highest BCUT2D eigenvalue weighted by Crippen LogP contribution is 2.18. The summed E-state index contributed by atoms with van der Waals surface area (Å²) in [6, 6.07) is 0. The smallest absolute Gasteiger partial charge is 0.245 e. The summed E-state index contributed by atoms with van der Waals surface area (Å²) in [5, 5.41) is 4.08. The van der Waals surface area contributed by atoms with Gasteiger partial charge in [0.15, 0.2) is 0 Å². The summed E-state index contributed by atoms with van der Waals surface area (Å²) in [6.45, 7) is 5.99. The van der Waals surface area contributed by atoms with Crippen LogP contribution in [-0.4, -0.2) is 38.7 Å². The van der Waals surface area contributed by atoms with E-state index in [9.17, 15) is 4.79 Å². The zero-order chi connectivity index (χ0) is 11.4. The minimum Gasteiger partial charge on any atom is -0.339 e. The van der Waals surface area contributed by atoms with Gasteiger partial charge in [0.2, 0.25) is 5.91 Å². The number of aromatic nitrogens is 3. The molecular formula is C11H16N4O. The first-order chi connectivity index (χ1) is 7.79. The zero-order valence-electron chi connectivity index (χ0n) is 9.25. The molecule has 1 aromatic rings. The van der Waals surface area contributed by atoms with Gasteiger partial charge in [-0.2, -0.15) is 5.10 Å². The number of amides is 1. The quantitative estimate of drug-likeness (QED) is 0.705. The predicted molar refractivity (Wildman–Crippen MR) is 59.5 cm³/mol. The van der Waals surface area contributed by atoms with Gasteiger partial charge in [-0.1, -0.05) is 6.58 Å². The first-order valence-corrected chi connectivity index (χ1v) is 5.53. The average Bonchev–Trinajstić information content (AvgIpc) is 2.81. The molecule has 5 heteroatoms. The fraction of sp³-hybridized carbons (Fsp3) is 0.545. The zero-order valence-corrected chi connectivity index (χ0v) is 9.25. The van der Waals surface area contributed by atoms with Gasteiger partial charge in [0.05, 0.1) is 0 Å². The highest BCUT2D eigenvalue weighted by Gasteiger charge is 2.22. The molecule has 0 bridgehead atoms. The van der Waals surface area contributed by atoms with Crippen LogP contribution < -0.4 is 0 Å². The van der Waals surface area contributed by atoms with Crippen molar-refractivity contribution in [1.82, 2.24) is 19.7 Å². The molecule has 0 aliphatic carbocycles. The minimum atomic E-state index is 0.0308. The van der Waals surface area contributed by atoms with E-state index in [-0.39, 0.29) is 5.91 Å². The van der Waals surface area contributed by atoms with Gasteiger partial charge in [-0.25, -0.2) is 4.98 Å². The van der Waals surface area contributed by atoms with Gasteiger partial charge >= 0.3 is 0 Å². The maximum Gasteiger partial charge on any atom is 0.245 e. The molecule has 1 fully saturated rings. The molecule has 1 aromatic heterocycles. The third-order valence-electron chi connectivity index (χ3n) is 2.92. The van der Waals surface area contributed by atoms with E-state index in [0.29, 0.717) is 5.92 Å². The number of carbonyl (C=O) groups is 1.